The van der Waals surface area contributed by atoms with Crippen molar-refractivity contribution in [2.75, 3.05) is 18.1 Å². The number of anilines is 1. The fourth-order valence-electron chi connectivity index (χ4n) is 4.78. The van der Waals surface area contributed by atoms with Crippen LogP contribution in [0.5, 0.6) is 0 Å². The van der Waals surface area contributed by atoms with Crippen LogP contribution in [0.25, 0.3) is 0 Å². The number of hydrazone groups is 1. The normalized spacial score (nSPS) is 19.0. The van der Waals surface area contributed by atoms with Crippen molar-refractivity contribution < 1.29 is 22.3 Å². The minimum absolute atomic E-state index is 0.0203. The predicted octanol–water partition coefficient (Wildman–Crippen LogP) is 6.31. The van der Waals surface area contributed by atoms with Gasteiger partial charge in [-0.25, -0.2) is 0 Å². The van der Waals surface area contributed by atoms with E-state index >= 15 is 0 Å². The van der Waals surface area contributed by atoms with E-state index in [1.165, 1.54) is 12.1 Å². The number of carbonyl (C=O) groups excluding carboxylic acids is 1. The van der Waals surface area contributed by atoms with Crippen LogP contribution in [0, 0.1) is 0 Å². The van der Waals surface area contributed by atoms with E-state index < -0.39 is 20.8 Å². The molecule has 0 bridgehead atoms. The molecule has 2 aliphatic heterocycles. The van der Waals surface area contributed by atoms with Crippen molar-refractivity contribution in [1.29, 1.82) is 0 Å². The Morgan fingerprint density at radius 3 is 2.26 bits per heavy atom. The molecule has 1 atom stereocenters. The van der Waals surface area contributed by atoms with Gasteiger partial charge in [-0.15, -0.1) is 0 Å². The van der Waals surface area contributed by atoms with Gasteiger partial charge >= 0.3 is 16.0 Å². The van der Waals surface area contributed by atoms with Crippen LogP contribution in [0.1, 0.15) is 37.3 Å². The van der Waals surface area contributed by atoms with Crippen LogP contribution in [-0.4, -0.2) is 37.9 Å². The van der Waals surface area contributed by atoms with Crippen molar-refractivity contribution >= 4 is 62.2 Å². The fraction of sp³-hybridized carbons (Fsp3) is 0.259. The highest BCUT2D eigenvalue weighted by molar-refractivity contribution is 7.86. The van der Waals surface area contributed by atoms with Crippen molar-refractivity contribution in [2.24, 2.45) is 5.10 Å². The Morgan fingerprint density at radius 2 is 1.59 bits per heavy atom. The van der Waals surface area contributed by atoms with E-state index in [1.807, 2.05) is 12.1 Å². The Balaban J connectivity index is 1.45. The molecule has 0 aliphatic carbocycles. The molecule has 0 radical (unpaired) electrons. The zero-order valence-electron chi connectivity index (χ0n) is 20.8. The number of nitrogens with one attached hydrogen (secondary N) is 1. The lowest BCUT2D eigenvalue weighted by Gasteiger charge is -2.35. The van der Waals surface area contributed by atoms with E-state index in [1.54, 1.807) is 53.5 Å². The molecule has 0 spiro atoms. The van der Waals surface area contributed by atoms with E-state index in [9.17, 15) is 13.2 Å². The number of nitrogens with zero attached hydrogens (tertiary/aromatic N) is 3. The van der Waals surface area contributed by atoms with Crippen LogP contribution in [0.15, 0.2) is 82.8 Å². The van der Waals surface area contributed by atoms with E-state index in [4.69, 9.17) is 39.1 Å². The quantitative estimate of drug-likeness (QED) is 0.318. The van der Waals surface area contributed by atoms with Gasteiger partial charge in [0.2, 0.25) is 0 Å². The highest BCUT2D eigenvalue weighted by Gasteiger charge is 2.43. The van der Waals surface area contributed by atoms with Crippen LogP contribution in [0.4, 0.5) is 5.69 Å². The highest BCUT2D eigenvalue weighted by Crippen LogP contribution is 2.40. The molecule has 8 nitrogen and oxygen atoms in total. The molecule has 1 amide bonds. The van der Waals surface area contributed by atoms with Crippen LogP contribution in [-0.2, 0) is 19.2 Å². The summed E-state index contributed by atoms with van der Waals surface area (Å²) in [5, 5.41) is 7.76. The van der Waals surface area contributed by atoms with Gasteiger partial charge in [-0.3, -0.25) is 9.80 Å². The van der Waals surface area contributed by atoms with Gasteiger partial charge in [0.25, 0.3) is 0 Å². The summed E-state index contributed by atoms with van der Waals surface area (Å²) in [4.78, 5) is 13.7. The number of hydroxylamine groups is 2. The monoisotopic (exact) mass is 607 g/mol. The van der Waals surface area contributed by atoms with E-state index in [2.05, 4.69) is 10.5 Å². The first kappa shape index (κ1) is 27.9. The minimum Gasteiger partial charge on any atom is -0.263 e. The SMILES string of the molecule is O=C(N[N+]1(OS(=O)(=O)c2ccccc2)CCCCC1)C1=NN(c2ccc(Cl)cc2Cl)[C@H](c2ccc(Cl)cc2)C1. The second kappa shape index (κ2) is 11.4. The molecule has 0 saturated carbocycles. The van der Waals surface area contributed by atoms with E-state index in [0.717, 1.165) is 12.0 Å². The number of piperidine rings is 1. The van der Waals surface area contributed by atoms with Gasteiger partial charge in [0.15, 0.2) is 0 Å². The van der Waals surface area contributed by atoms with Gasteiger partial charge in [-0.2, -0.15) is 18.9 Å². The maximum absolute atomic E-state index is 13.7. The molecular weight excluding hydrogens is 583 g/mol. The lowest BCUT2D eigenvalue weighted by Crippen LogP contribution is -2.64. The summed E-state index contributed by atoms with van der Waals surface area (Å²) >= 11 is 18.7. The average molecular weight is 609 g/mol. The number of carbonyl (C=O) groups is 1. The number of hydrogen-bond donors (Lipinski definition) is 1. The lowest BCUT2D eigenvalue weighted by atomic mass is 10.0. The fourth-order valence-corrected chi connectivity index (χ4v) is 6.54. The van der Waals surface area contributed by atoms with Crippen molar-refractivity contribution in [3.05, 3.63) is 93.4 Å². The zero-order chi connectivity index (χ0) is 27.6. The Morgan fingerprint density at radius 1 is 0.923 bits per heavy atom. The second-order valence-corrected chi connectivity index (χ2v) is 12.2. The standard InChI is InChI=1S/C27H25Cl3N4O4S/c28-20-11-9-19(10-12-20)26-18-24(31-33(26)25-14-13-21(29)17-23(25)30)27(35)32-34(15-5-2-6-16-34)38-39(36,37)22-7-3-1-4-8-22/h1,3-4,7-14,17,26H,2,5-6,15-16,18H2/p+1/t26-/m0/s1. The molecular formula is C27H26Cl3N4O4S+. The number of hydrogen-bond acceptors (Lipinski definition) is 6. The topological polar surface area (TPSA) is 88.1 Å². The van der Waals surface area contributed by atoms with Gasteiger partial charge in [-0.05, 0) is 58.7 Å². The highest BCUT2D eigenvalue weighted by atomic mass is 35.5. The van der Waals surface area contributed by atoms with Crippen LogP contribution < -0.4 is 10.4 Å². The molecule has 2 aliphatic rings. The first-order valence-electron chi connectivity index (χ1n) is 12.4. The molecule has 3 aromatic rings. The molecule has 1 N–H and O–H groups in total. The summed E-state index contributed by atoms with van der Waals surface area (Å²) in [6.07, 6.45) is 2.54. The summed E-state index contributed by atoms with van der Waals surface area (Å²) in [6, 6.07) is 19.9. The molecule has 0 unspecified atom stereocenters. The largest absolute Gasteiger partial charge is 0.345 e. The molecule has 39 heavy (non-hydrogen) atoms. The minimum atomic E-state index is -4.14. The summed E-state index contributed by atoms with van der Waals surface area (Å²) in [5.74, 6) is -0.522. The Labute approximate surface area is 242 Å². The average Bonchev–Trinajstić information content (AvgIpc) is 3.35. The van der Waals surface area contributed by atoms with Crippen LogP contribution in [0.2, 0.25) is 15.1 Å². The van der Waals surface area contributed by atoms with Crippen molar-refractivity contribution in [1.82, 2.24) is 5.43 Å². The predicted molar refractivity (Wildman–Crippen MR) is 152 cm³/mol. The van der Waals surface area contributed by atoms with Gasteiger partial charge in [-0.1, -0.05) is 69.9 Å². The van der Waals surface area contributed by atoms with Gasteiger partial charge in [0.05, 0.1) is 21.6 Å². The van der Waals surface area contributed by atoms with Crippen molar-refractivity contribution in [2.45, 2.75) is 36.6 Å². The molecule has 12 heteroatoms. The molecule has 2 heterocycles. The first-order chi connectivity index (χ1) is 18.7. The molecule has 3 aromatic carbocycles. The summed E-state index contributed by atoms with van der Waals surface area (Å²) in [6.45, 7) is 0.608. The zero-order valence-corrected chi connectivity index (χ0v) is 23.8. The maximum Gasteiger partial charge on any atom is 0.345 e. The number of rotatable bonds is 7. The van der Waals surface area contributed by atoms with Gasteiger partial charge in [0.1, 0.15) is 18.8 Å². The molecule has 204 valence electrons. The number of benzene rings is 3. The van der Waals surface area contributed by atoms with E-state index in [-0.39, 0.29) is 23.1 Å². The summed E-state index contributed by atoms with van der Waals surface area (Å²) in [7, 11) is -4.14. The molecule has 1 saturated heterocycles. The summed E-state index contributed by atoms with van der Waals surface area (Å²) < 4.78 is 31.4. The molecule has 1 fully saturated rings. The Hall–Kier alpha value is -2.66. The van der Waals surface area contributed by atoms with Crippen molar-refractivity contribution in [3.8, 4) is 0 Å². The van der Waals surface area contributed by atoms with Gasteiger partial charge < -0.3 is 0 Å². The van der Waals surface area contributed by atoms with Crippen molar-refractivity contribution in [3.63, 3.8) is 0 Å². The third-order valence-corrected chi connectivity index (χ3v) is 8.82. The second-order valence-electron chi connectivity index (χ2n) is 9.44. The Bertz CT molecular complexity index is 1500. The first-order valence-corrected chi connectivity index (χ1v) is 15.0. The third kappa shape index (κ3) is 6.24. The lowest BCUT2D eigenvalue weighted by molar-refractivity contribution is -1.11. The maximum atomic E-state index is 13.7. The number of halogens is 3. The molecule has 0 aromatic heterocycles. The molecule has 5 rings (SSSR count). The number of quaternary nitrogens is 1. The van der Waals surface area contributed by atoms with E-state index in [0.29, 0.717) is 46.7 Å². The third-order valence-electron chi connectivity index (χ3n) is 6.70. The number of amides is 1. The van der Waals surface area contributed by atoms with Crippen LogP contribution >= 0.6 is 34.8 Å². The smallest absolute Gasteiger partial charge is 0.263 e. The van der Waals surface area contributed by atoms with Gasteiger partial charge in [0, 0.05) is 29.3 Å². The van der Waals surface area contributed by atoms with Crippen LogP contribution in [0.3, 0.4) is 0 Å². The summed E-state index contributed by atoms with van der Waals surface area (Å²) in [5.41, 5.74) is 4.51. The Kier molecular flexibility index (Phi) is 8.19.